The van der Waals surface area contributed by atoms with Crippen molar-refractivity contribution in [2.24, 2.45) is 0 Å². The molecule has 0 unspecified atom stereocenters. The SMILES string of the molecule is CCCCCC/C=C/CCCNC(=O)CCCCC(=O)NCCC/C=C/CCCCCC. The maximum atomic E-state index is 11.9. The summed E-state index contributed by atoms with van der Waals surface area (Å²) in [7, 11) is 0. The Balaban J connectivity index is 3.40. The molecule has 0 rings (SSSR count). The van der Waals surface area contributed by atoms with E-state index in [-0.39, 0.29) is 11.8 Å². The lowest BCUT2D eigenvalue weighted by atomic mass is 10.1. The van der Waals surface area contributed by atoms with Crippen molar-refractivity contribution in [1.82, 2.24) is 10.6 Å². The number of carbonyl (C=O) groups is 2. The van der Waals surface area contributed by atoms with E-state index in [4.69, 9.17) is 0 Å². The van der Waals surface area contributed by atoms with Crippen molar-refractivity contribution in [3.63, 3.8) is 0 Å². The molecule has 0 aromatic heterocycles. The second-order valence-corrected chi connectivity index (χ2v) is 8.83. The van der Waals surface area contributed by atoms with E-state index >= 15 is 0 Å². The fourth-order valence-corrected chi connectivity index (χ4v) is 3.49. The van der Waals surface area contributed by atoms with Gasteiger partial charge in [0.1, 0.15) is 0 Å². The number of rotatable bonds is 23. The minimum atomic E-state index is 0.107. The van der Waals surface area contributed by atoms with Crippen LogP contribution in [0.15, 0.2) is 24.3 Å². The molecule has 0 saturated carbocycles. The highest BCUT2D eigenvalue weighted by atomic mass is 16.2. The molecule has 0 atom stereocenters. The Morgan fingerprint density at radius 2 is 0.875 bits per heavy atom. The van der Waals surface area contributed by atoms with Crippen molar-refractivity contribution >= 4 is 11.8 Å². The smallest absolute Gasteiger partial charge is 0.219 e. The molecule has 0 aromatic rings. The minimum Gasteiger partial charge on any atom is -0.356 e. The molecule has 0 aliphatic heterocycles. The zero-order valence-electron chi connectivity index (χ0n) is 21.3. The number of amides is 2. The van der Waals surface area contributed by atoms with Gasteiger partial charge in [0.25, 0.3) is 0 Å². The summed E-state index contributed by atoms with van der Waals surface area (Å²) in [5, 5.41) is 5.96. The first-order chi connectivity index (χ1) is 15.7. The van der Waals surface area contributed by atoms with E-state index in [2.05, 4.69) is 48.8 Å². The van der Waals surface area contributed by atoms with E-state index in [1.165, 1.54) is 64.2 Å². The van der Waals surface area contributed by atoms with Crippen LogP contribution in [-0.2, 0) is 9.59 Å². The Kier molecular flexibility index (Phi) is 24.4. The molecule has 0 heterocycles. The Morgan fingerprint density at radius 1 is 0.500 bits per heavy atom. The zero-order chi connectivity index (χ0) is 23.5. The summed E-state index contributed by atoms with van der Waals surface area (Å²) in [4.78, 5) is 23.7. The summed E-state index contributed by atoms with van der Waals surface area (Å²) >= 11 is 0. The lowest BCUT2D eigenvalue weighted by molar-refractivity contribution is -0.123. The molecule has 0 radical (unpaired) electrons. The number of hydrogen-bond donors (Lipinski definition) is 2. The fraction of sp³-hybridized carbons (Fsp3) is 0.786. The normalized spacial score (nSPS) is 11.4. The molecule has 4 heteroatoms. The fourth-order valence-electron chi connectivity index (χ4n) is 3.49. The van der Waals surface area contributed by atoms with Crippen LogP contribution < -0.4 is 10.6 Å². The molecular formula is C28H52N2O2. The van der Waals surface area contributed by atoms with Gasteiger partial charge >= 0.3 is 0 Å². The quantitative estimate of drug-likeness (QED) is 0.126. The number of unbranched alkanes of at least 4 members (excludes halogenated alkanes) is 11. The van der Waals surface area contributed by atoms with Crippen LogP contribution in [0.4, 0.5) is 0 Å². The number of nitrogens with one attached hydrogen (secondary N) is 2. The molecule has 32 heavy (non-hydrogen) atoms. The largest absolute Gasteiger partial charge is 0.356 e. The van der Waals surface area contributed by atoms with E-state index in [9.17, 15) is 9.59 Å². The van der Waals surface area contributed by atoms with Crippen LogP contribution in [-0.4, -0.2) is 24.9 Å². The summed E-state index contributed by atoms with van der Waals surface area (Å²) < 4.78 is 0. The van der Waals surface area contributed by atoms with Gasteiger partial charge in [0.05, 0.1) is 0 Å². The summed E-state index contributed by atoms with van der Waals surface area (Å²) in [5.74, 6) is 0.214. The second kappa shape index (κ2) is 25.7. The van der Waals surface area contributed by atoms with Crippen molar-refractivity contribution < 1.29 is 9.59 Å². The lowest BCUT2D eigenvalue weighted by Gasteiger charge is -2.05. The molecule has 0 aromatic carbocycles. The number of carbonyl (C=O) groups excluding carboxylic acids is 2. The molecule has 4 nitrogen and oxygen atoms in total. The molecule has 0 aliphatic carbocycles. The maximum Gasteiger partial charge on any atom is 0.219 e. The zero-order valence-corrected chi connectivity index (χ0v) is 21.3. The first kappa shape index (κ1) is 30.4. The standard InChI is InChI=1S/C28H52N2O2/c1-3-5-7-9-11-13-15-17-21-25-29-27(31)23-19-20-24-28(32)30-26-22-18-16-14-12-10-8-6-4-2/h13-16H,3-12,17-26H2,1-2H3,(H,29,31)(H,30,32)/b15-13+,16-14+. The monoisotopic (exact) mass is 448 g/mol. The number of allylic oxidation sites excluding steroid dienone is 4. The molecule has 0 spiro atoms. The molecule has 186 valence electrons. The maximum absolute atomic E-state index is 11.9. The van der Waals surface area contributed by atoms with Crippen LogP contribution in [0, 0.1) is 0 Å². The van der Waals surface area contributed by atoms with E-state index in [1.54, 1.807) is 0 Å². The van der Waals surface area contributed by atoms with Crippen LogP contribution in [0.5, 0.6) is 0 Å². The van der Waals surface area contributed by atoms with Crippen molar-refractivity contribution in [2.45, 2.75) is 129 Å². The number of hydrogen-bond acceptors (Lipinski definition) is 2. The van der Waals surface area contributed by atoms with Crippen molar-refractivity contribution in [3.05, 3.63) is 24.3 Å². The van der Waals surface area contributed by atoms with Gasteiger partial charge in [0.15, 0.2) is 0 Å². The third-order valence-corrected chi connectivity index (χ3v) is 5.58. The highest BCUT2D eigenvalue weighted by molar-refractivity contribution is 5.77. The van der Waals surface area contributed by atoms with Gasteiger partial charge in [-0.15, -0.1) is 0 Å². The van der Waals surface area contributed by atoms with Crippen molar-refractivity contribution in [3.8, 4) is 0 Å². The van der Waals surface area contributed by atoms with E-state index in [0.29, 0.717) is 12.8 Å². The van der Waals surface area contributed by atoms with Gasteiger partial charge in [-0.25, -0.2) is 0 Å². The Hall–Kier alpha value is -1.58. The Morgan fingerprint density at radius 3 is 1.25 bits per heavy atom. The van der Waals surface area contributed by atoms with Crippen LogP contribution in [0.25, 0.3) is 0 Å². The first-order valence-electron chi connectivity index (χ1n) is 13.5. The second-order valence-electron chi connectivity index (χ2n) is 8.83. The first-order valence-corrected chi connectivity index (χ1v) is 13.5. The van der Waals surface area contributed by atoms with Gasteiger partial charge in [0.2, 0.25) is 11.8 Å². The molecule has 2 amide bonds. The molecule has 0 bridgehead atoms. The summed E-state index contributed by atoms with van der Waals surface area (Å²) in [6, 6.07) is 0. The van der Waals surface area contributed by atoms with Crippen molar-refractivity contribution in [1.29, 1.82) is 0 Å². The Bertz CT molecular complexity index is 442. The molecule has 0 saturated heterocycles. The topological polar surface area (TPSA) is 58.2 Å². The predicted molar refractivity (Wildman–Crippen MR) is 139 cm³/mol. The third kappa shape index (κ3) is 24.7. The lowest BCUT2D eigenvalue weighted by Crippen LogP contribution is -2.25. The van der Waals surface area contributed by atoms with Gasteiger partial charge in [0, 0.05) is 25.9 Å². The Labute approximate surface area is 199 Å². The van der Waals surface area contributed by atoms with E-state index in [0.717, 1.165) is 51.6 Å². The summed E-state index contributed by atoms with van der Waals surface area (Å²) in [6.07, 6.45) is 28.5. The minimum absolute atomic E-state index is 0.107. The van der Waals surface area contributed by atoms with E-state index in [1.807, 2.05) is 0 Å². The molecular weight excluding hydrogens is 396 g/mol. The van der Waals surface area contributed by atoms with E-state index < -0.39 is 0 Å². The predicted octanol–water partition coefficient (Wildman–Crippen LogP) is 7.39. The third-order valence-electron chi connectivity index (χ3n) is 5.58. The van der Waals surface area contributed by atoms with Gasteiger partial charge in [-0.05, 0) is 64.2 Å². The molecule has 2 N–H and O–H groups in total. The van der Waals surface area contributed by atoms with Gasteiger partial charge in [-0.2, -0.15) is 0 Å². The van der Waals surface area contributed by atoms with Crippen LogP contribution in [0.3, 0.4) is 0 Å². The van der Waals surface area contributed by atoms with Gasteiger partial charge in [-0.1, -0.05) is 76.7 Å². The van der Waals surface area contributed by atoms with Crippen LogP contribution in [0.2, 0.25) is 0 Å². The average Bonchev–Trinajstić information content (AvgIpc) is 2.79. The summed E-state index contributed by atoms with van der Waals surface area (Å²) in [6.45, 7) is 5.96. The van der Waals surface area contributed by atoms with Crippen LogP contribution in [0.1, 0.15) is 129 Å². The molecule has 0 aliphatic rings. The highest BCUT2D eigenvalue weighted by Gasteiger charge is 2.03. The van der Waals surface area contributed by atoms with Crippen LogP contribution >= 0.6 is 0 Å². The van der Waals surface area contributed by atoms with Gasteiger partial charge in [-0.3, -0.25) is 9.59 Å². The molecule has 0 fully saturated rings. The van der Waals surface area contributed by atoms with Crippen molar-refractivity contribution in [2.75, 3.05) is 13.1 Å². The summed E-state index contributed by atoms with van der Waals surface area (Å²) in [5.41, 5.74) is 0. The van der Waals surface area contributed by atoms with Gasteiger partial charge < -0.3 is 10.6 Å². The average molecular weight is 449 g/mol. The highest BCUT2D eigenvalue weighted by Crippen LogP contribution is 2.05.